The van der Waals surface area contributed by atoms with Crippen LogP contribution < -0.4 is 5.32 Å². The number of hydrogen-bond donors (Lipinski definition) is 3. The number of carboxylic acids is 1. The summed E-state index contributed by atoms with van der Waals surface area (Å²) >= 11 is 0. The Bertz CT molecular complexity index is 1250. The summed E-state index contributed by atoms with van der Waals surface area (Å²) in [4.78, 5) is 27.1. The van der Waals surface area contributed by atoms with E-state index in [1.54, 1.807) is 22.9 Å². The van der Waals surface area contributed by atoms with Crippen LogP contribution in [0.4, 0.5) is 4.39 Å². The summed E-state index contributed by atoms with van der Waals surface area (Å²) in [5.74, 6) is -2.76. The number of benzene rings is 2. The van der Waals surface area contributed by atoms with Gasteiger partial charge in [0, 0.05) is 17.4 Å². The van der Waals surface area contributed by atoms with Crippen molar-refractivity contribution in [3.63, 3.8) is 0 Å². The number of nitrogens with zero attached hydrogens (tertiary/aromatic N) is 2. The van der Waals surface area contributed by atoms with E-state index in [9.17, 15) is 19.1 Å². The smallest absolute Gasteiger partial charge is 0.322 e. The van der Waals surface area contributed by atoms with E-state index in [0.717, 1.165) is 5.56 Å². The number of halogens is 1. The van der Waals surface area contributed by atoms with E-state index in [-0.39, 0.29) is 17.3 Å². The number of hydrogen-bond acceptors (Lipinski definition) is 4. The third-order valence-electron chi connectivity index (χ3n) is 4.63. The van der Waals surface area contributed by atoms with Crippen LogP contribution in [0.5, 0.6) is 5.75 Å². The maximum absolute atomic E-state index is 13.4. The van der Waals surface area contributed by atoms with Crippen molar-refractivity contribution in [3.05, 3.63) is 78.5 Å². The summed E-state index contributed by atoms with van der Waals surface area (Å²) in [6.45, 7) is -0.597. The van der Waals surface area contributed by atoms with Crippen LogP contribution in [0.15, 0.2) is 67.0 Å². The maximum Gasteiger partial charge on any atom is 0.322 e. The lowest BCUT2D eigenvalue weighted by Gasteiger charge is -2.08. The summed E-state index contributed by atoms with van der Waals surface area (Å²) in [5, 5.41) is 22.2. The number of carboxylic acid groups (broad SMARTS) is 1. The van der Waals surface area contributed by atoms with Gasteiger partial charge in [-0.1, -0.05) is 30.3 Å². The van der Waals surface area contributed by atoms with Crippen molar-refractivity contribution >= 4 is 22.8 Å². The zero-order chi connectivity index (χ0) is 21.3. The first-order chi connectivity index (χ1) is 14.5. The van der Waals surface area contributed by atoms with Gasteiger partial charge in [-0.05, 0) is 29.8 Å². The third kappa shape index (κ3) is 3.46. The van der Waals surface area contributed by atoms with Gasteiger partial charge in [-0.3, -0.25) is 9.59 Å². The van der Waals surface area contributed by atoms with Gasteiger partial charge in [0.1, 0.15) is 12.4 Å². The molecule has 2 aromatic heterocycles. The van der Waals surface area contributed by atoms with E-state index in [1.807, 2.05) is 30.3 Å². The van der Waals surface area contributed by atoms with E-state index in [0.29, 0.717) is 22.2 Å². The van der Waals surface area contributed by atoms with Gasteiger partial charge in [0.15, 0.2) is 11.4 Å². The summed E-state index contributed by atoms with van der Waals surface area (Å²) in [6, 6.07) is 15.1. The number of pyridine rings is 1. The number of amides is 1. The molecule has 0 aliphatic carbocycles. The van der Waals surface area contributed by atoms with E-state index in [4.69, 9.17) is 5.11 Å². The van der Waals surface area contributed by atoms with Crippen LogP contribution in [0.3, 0.4) is 0 Å². The average Bonchev–Trinajstić information content (AvgIpc) is 3.14. The normalized spacial score (nSPS) is 10.8. The molecule has 0 spiro atoms. The molecular formula is C22H16FN3O4. The molecule has 150 valence electrons. The molecule has 3 N–H and O–H groups in total. The summed E-state index contributed by atoms with van der Waals surface area (Å²) in [7, 11) is 0. The average molecular weight is 405 g/mol. The molecule has 2 heterocycles. The fourth-order valence-electron chi connectivity index (χ4n) is 3.26. The first kappa shape index (κ1) is 19.1. The zero-order valence-electron chi connectivity index (χ0n) is 15.5. The Morgan fingerprint density at radius 2 is 1.77 bits per heavy atom. The number of nitrogens with one attached hydrogen (secondary N) is 1. The molecule has 4 rings (SSSR count). The molecule has 1 amide bonds. The Morgan fingerprint density at radius 1 is 1.07 bits per heavy atom. The van der Waals surface area contributed by atoms with Gasteiger partial charge < -0.3 is 20.1 Å². The Hall–Kier alpha value is -4.20. The number of carbonyl (C=O) groups excluding carboxylic acids is 1. The zero-order valence-corrected chi connectivity index (χ0v) is 15.5. The molecule has 4 aromatic rings. The molecule has 0 fully saturated rings. The Labute approximate surface area is 170 Å². The maximum atomic E-state index is 13.4. The minimum Gasteiger partial charge on any atom is -0.505 e. The molecule has 0 saturated heterocycles. The minimum atomic E-state index is -1.21. The van der Waals surface area contributed by atoms with Crippen LogP contribution in [-0.4, -0.2) is 38.2 Å². The van der Waals surface area contributed by atoms with Crippen molar-refractivity contribution in [1.82, 2.24) is 14.9 Å². The molecule has 0 aliphatic rings. The van der Waals surface area contributed by atoms with Gasteiger partial charge in [0.05, 0.1) is 17.1 Å². The van der Waals surface area contributed by atoms with E-state index < -0.39 is 18.4 Å². The SMILES string of the molecule is O=C(O)CNC(=O)c1ncc2c(c(-c3ccccc3)cn2-c2ccc(F)cc2)c1O. The lowest BCUT2D eigenvalue weighted by molar-refractivity contribution is -0.135. The van der Waals surface area contributed by atoms with Crippen molar-refractivity contribution < 1.29 is 24.2 Å². The predicted octanol–water partition coefficient (Wildman–Crippen LogP) is 3.35. The van der Waals surface area contributed by atoms with Crippen LogP contribution in [0, 0.1) is 5.82 Å². The highest BCUT2D eigenvalue weighted by Crippen LogP contribution is 2.38. The van der Waals surface area contributed by atoms with Crippen LogP contribution in [0.2, 0.25) is 0 Å². The molecule has 0 aliphatic heterocycles. The van der Waals surface area contributed by atoms with Gasteiger partial charge in [0.25, 0.3) is 5.91 Å². The number of rotatable bonds is 5. The number of aliphatic carboxylic acids is 1. The summed E-state index contributed by atoms with van der Waals surface area (Å²) in [5.41, 5.74) is 2.31. The summed E-state index contributed by atoms with van der Waals surface area (Å²) < 4.78 is 15.1. The van der Waals surface area contributed by atoms with E-state index in [1.165, 1.54) is 18.3 Å². The van der Waals surface area contributed by atoms with Crippen LogP contribution in [-0.2, 0) is 4.79 Å². The fraction of sp³-hybridized carbons (Fsp3) is 0.0455. The largest absolute Gasteiger partial charge is 0.505 e. The minimum absolute atomic E-state index is 0.280. The Morgan fingerprint density at radius 3 is 2.43 bits per heavy atom. The van der Waals surface area contributed by atoms with Gasteiger partial charge in [-0.2, -0.15) is 0 Å². The first-order valence-corrected chi connectivity index (χ1v) is 9.00. The molecule has 0 saturated carbocycles. The van der Waals surface area contributed by atoms with Crippen molar-refractivity contribution in [2.75, 3.05) is 6.54 Å². The molecule has 30 heavy (non-hydrogen) atoms. The van der Waals surface area contributed by atoms with Crippen LogP contribution >= 0.6 is 0 Å². The predicted molar refractivity (Wildman–Crippen MR) is 108 cm³/mol. The van der Waals surface area contributed by atoms with Crippen molar-refractivity contribution in [1.29, 1.82) is 0 Å². The fourth-order valence-corrected chi connectivity index (χ4v) is 3.26. The van der Waals surface area contributed by atoms with E-state index in [2.05, 4.69) is 10.3 Å². The highest BCUT2D eigenvalue weighted by molar-refractivity contribution is 6.07. The second-order valence-electron chi connectivity index (χ2n) is 6.55. The first-order valence-electron chi connectivity index (χ1n) is 9.00. The number of aromatic nitrogens is 2. The van der Waals surface area contributed by atoms with Crippen LogP contribution in [0.1, 0.15) is 10.5 Å². The van der Waals surface area contributed by atoms with Gasteiger partial charge in [0.2, 0.25) is 0 Å². The Balaban J connectivity index is 1.93. The van der Waals surface area contributed by atoms with Crippen molar-refractivity contribution in [2.45, 2.75) is 0 Å². The summed E-state index contributed by atoms with van der Waals surface area (Å²) in [6.07, 6.45) is 3.19. The standard InChI is InChI=1S/C22H16FN3O4/c23-14-6-8-15(9-7-14)26-12-16(13-4-2-1-3-5-13)19-17(26)10-24-20(21(19)29)22(30)25-11-18(27)28/h1-10,12,29H,11H2,(H,25,30)(H,27,28). The van der Waals surface area contributed by atoms with E-state index >= 15 is 0 Å². The molecule has 2 aromatic carbocycles. The molecule has 0 bridgehead atoms. The highest BCUT2D eigenvalue weighted by Gasteiger charge is 2.22. The monoisotopic (exact) mass is 405 g/mol. The second kappa shape index (κ2) is 7.67. The lowest BCUT2D eigenvalue weighted by Crippen LogP contribution is -2.29. The number of aromatic hydroxyl groups is 1. The lowest BCUT2D eigenvalue weighted by atomic mass is 10.0. The highest BCUT2D eigenvalue weighted by atomic mass is 19.1. The van der Waals surface area contributed by atoms with Gasteiger partial charge >= 0.3 is 5.97 Å². The molecular weight excluding hydrogens is 389 g/mol. The molecule has 8 heteroatoms. The van der Waals surface area contributed by atoms with Gasteiger partial charge in [-0.15, -0.1) is 0 Å². The van der Waals surface area contributed by atoms with Crippen molar-refractivity contribution in [2.24, 2.45) is 0 Å². The second-order valence-corrected chi connectivity index (χ2v) is 6.55. The third-order valence-corrected chi connectivity index (χ3v) is 4.63. The van der Waals surface area contributed by atoms with Gasteiger partial charge in [-0.25, -0.2) is 9.37 Å². The number of carbonyl (C=O) groups is 2. The Kier molecular flexibility index (Phi) is 4.89. The van der Waals surface area contributed by atoms with Crippen LogP contribution in [0.25, 0.3) is 27.7 Å². The molecule has 0 radical (unpaired) electrons. The molecule has 0 unspecified atom stereocenters. The number of fused-ring (bicyclic) bond motifs is 1. The molecule has 7 nitrogen and oxygen atoms in total. The topological polar surface area (TPSA) is 104 Å². The molecule has 0 atom stereocenters. The van der Waals surface area contributed by atoms with Crippen molar-refractivity contribution in [3.8, 4) is 22.6 Å². The quantitative estimate of drug-likeness (QED) is 0.472.